The lowest BCUT2D eigenvalue weighted by molar-refractivity contribution is 0.103. The van der Waals surface area contributed by atoms with Gasteiger partial charge in [0.2, 0.25) is 0 Å². The highest BCUT2D eigenvalue weighted by molar-refractivity contribution is 7.22. The molecule has 2 aromatic heterocycles. The van der Waals surface area contributed by atoms with Crippen LogP contribution in [0.2, 0.25) is 0 Å². The molecule has 0 spiro atoms. The van der Waals surface area contributed by atoms with E-state index in [2.05, 4.69) is 10.3 Å². The van der Waals surface area contributed by atoms with Gasteiger partial charge >= 0.3 is 0 Å². The molecule has 5 rings (SSSR count). The standard InChI is InChI=1S/C20H13FN2O3S2/c21-12-3-1-11(2-4-12)16-5-6-17(27-16)19(24)23-20-22-13-9-14-15(10-18(13)28-20)26-8-7-25-14/h1-6,9-10H,7-8H2,(H,22,23,24). The second-order valence-corrected chi connectivity index (χ2v) is 8.22. The highest BCUT2D eigenvalue weighted by Crippen LogP contribution is 2.38. The van der Waals surface area contributed by atoms with E-state index in [1.165, 1.54) is 34.8 Å². The van der Waals surface area contributed by atoms with Gasteiger partial charge in [-0.25, -0.2) is 9.37 Å². The van der Waals surface area contributed by atoms with Crippen molar-refractivity contribution < 1.29 is 18.7 Å². The first-order valence-electron chi connectivity index (χ1n) is 8.53. The quantitative estimate of drug-likeness (QED) is 0.503. The molecule has 0 bridgehead atoms. The van der Waals surface area contributed by atoms with Crippen LogP contribution in [0.5, 0.6) is 11.5 Å². The number of aromatic nitrogens is 1. The number of thiazole rings is 1. The van der Waals surface area contributed by atoms with E-state index in [0.29, 0.717) is 34.7 Å². The van der Waals surface area contributed by atoms with Crippen LogP contribution >= 0.6 is 22.7 Å². The summed E-state index contributed by atoms with van der Waals surface area (Å²) in [6.45, 7) is 1.04. The minimum atomic E-state index is -0.286. The molecule has 4 aromatic rings. The number of thiophene rings is 1. The van der Waals surface area contributed by atoms with E-state index in [0.717, 1.165) is 20.7 Å². The summed E-state index contributed by atoms with van der Waals surface area (Å²) in [6.07, 6.45) is 0. The average Bonchev–Trinajstić information content (AvgIpc) is 3.33. The van der Waals surface area contributed by atoms with Gasteiger partial charge in [0, 0.05) is 17.0 Å². The Bertz CT molecular complexity index is 1140. The average molecular weight is 412 g/mol. The number of amides is 1. The van der Waals surface area contributed by atoms with Crippen LogP contribution in [0.1, 0.15) is 9.67 Å². The first kappa shape index (κ1) is 17.2. The lowest BCUT2D eigenvalue weighted by Crippen LogP contribution is -2.15. The van der Waals surface area contributed by atoms with Crippen LogP contribution < -0.4 is 14.8 Å². The number of hydrogen-bond acceptors (Lipinski definition) is 6. The second-order valence-electron chi connectivity index (χ2n) is 6.11. The third kappa shape index (κ3) is 3.21. The predicted octanol–water partition coefficient (Wildman–Crippen LogP) is 5.19. The van der Waals surface area contributed by atoms with Crippen molar-refractivity contribution in [3.63, 3.8) is 0 Å². The molecule has 1 aliphatic rings. The molecular formula is C20H13FN2O3S2. The smallest absolute Gasteiger partial charge is 0.267 e. The second kappa shape index (κ2) is 6.88. The van der Waals surface area contributed by atoms with Gasteiger partial charge < -0.3 is 9.47 Å². The van der Waals surface area contributed by atoms with Crippen molar-refractivity contribution in [1.82, 2.24) is 4.98 Å². The van der Waals surface area contributed by atoms with Crippen molar-refractivity contribution in [2.75, 3.05) is 18.5 Å². The number of hydrogen-bond donors (Lipinski definition) is 1. The van der Waals surface area contributed by atoms with Crippen molar-refractivity contribution >= 4 is 43.9 Å². The SMILES string of the molecule is O=C(Nc1nc2cc3c(cc2s1)OCCO3)c1ccc(-c2ccc(F)cc2)s1. The summed E-state index contributed by atoms with van der Waals surface area (Å²) in [5.74, 6) is 0.855. The molecule has 2 aromatic carbocycles. The molecule has 140 valence electrons. The monoisotopic (exact) mass is 412 g/mol. The Morgan fingerprint density at radius 3 is 2.54 bits per heavy atom. The Morgan fingerprint density at radius 1 is 1.00 bits per heavy atom. The maximum atomic E-state index is 13.1. The van der Waals surface area contributed by atoms with E-state index in [1.807, 2.05) is 18.2 Å². The van der Waals surface area contributed by atoms with E-state index in [9.17, 15) is 9.18 Å². The van der Waals surface area contributed by atoms with E-state index in [-0.39, 0.29) is 11.7 Å². The fraction of sp³-hybridized carbons (Fsp3) is 0.100. The van der Waals surface area contributed by atoms with E-state index >= 15 is 0 Å². The molecule has 0 atom stereocenters. The molecule has 1 N–H and O–H groups in total. The molecule has 0 fully saturated rings. The van der Waals surface area contributed by atoms with Crippen LogP contribution in [0.3, 0.4) is 0 Å². The molecular weight excluding hydrogens is 399 g/mol. The topological polar surface area (TPSA) is 60.5 Å². The summed E-state index contributed by atoms with van der Waals surface area (Å²) in [6, 6.07) is 13.5. The van der Waals surface area contributed by atoms with Gasteiger partial charge in [-0.05, 0) is 29.8 Å². The van der Waals surface area contributed by atoms with Crippen molar-refractivity contribution in [1.29, 1.82) is 0 Å². The molecule has 1 aliphatic heterocycles. The van der Waals surface area contributed by atoms with Crippen molar-refractivity contribution in [2.24, 2.45) is 0 Å². The van der Waals surface area contributed by atoms with Crippen molar-refractivity contribution in [2.45, 2.75) is 0 Å². The molecule has 3 heterocycles. The molecule has 0 aliphatic carbocycles. The summed E-state index contributed by atoms with van der Waals surface area (Å²) >= 11 is 2.73. The fourth-order valence-corrected chi connectivity index (χ4v) is 4.68. The van der Waals surface area contributed by atoms with Gasteiger partial charge in [0.15, 0.2) is 16.6 Å². The number of carbonyl (C=O) groups is 1. The number of anilines is 1. The molecule has 0 radical (unpaired) electrons. The number of rotatable bonds is 3. The molecule has 5 nitrogen and oxygen atoms in total. The largest absolute Gasteiger partial charge is 0.486 e. The van der Waals surface area contributed by atoms with Gasteiger partial charge in [-0.3, -0.25) is 10.1 Å². The van der Waals surface area contributed by atoms with E-state index in [4.69, 9.17) is 9.47 Å². The van der Waals surface area contributed by atoms with Crippen molar-refractivity contribution in [3.05, 3.63) is 59.2 Å². The van der Waals surface area contributed by atoms with Gasteiger partial charge in [-0.2, -0.15) is 0 Å². The number of ether oxygens (including phenoxy) is 2. The Labute approximate surface area is 167 Å². The van der Waals surface area contributed by atoms with Crippen LogP contribution in [-0.2, 0) is 0 Å². The summed E-state index contributed by atoms with van der Waals surface area (Å²) in [5.41, 5.74) is 1.62. The van der Waals surface area contributed by atoms with Crippen LogP contribution in [0, 0.1) is 5.82 Å². The van der Waals surface area contributed by atoms with Gasteiger partial charge in [-0.1, -0.05) is 23.5 Å². The van der Waals surface area contributed by atoms with Crippen molar-refractivity contribution in [3.8, 4) is 21.9 Å². The Hall–Kier alpha value is -2.97. The number of nitrogens with zero attached hydrogens (tertiary/aromatic N) is 1. The van der Waals surface area contributed by atoms with Gasteiger partial charge in [0.05, 0.1) is 15.1 Å². The summed E-state index contributed by atoms with van der Waals surface area (Å²) in [5, 5.41) is 3.36. The molecule has 0 saturated heterocycles. The highest BCUT2D eigenvalue weighted by atomic mass is 32.1. The Kier molecular flexibility index (Phi) is 4.22. The molecule has 0 saturated carbocycles. The van der Waals surface area contributed by atoms with Crippen LogP contribution in [0.15, 0.2) is 48.5 Å². The molecule has 8 heteroatoms. The van der Waals surface area contributed by atoms with Gasteiger partial charge in [0.25, 0.3) is 5.91 Å². The maximum Gasteiger partial charge on any atom is 0.267 e. The number of carbonyl (C=O) groups excluding carboxylic acids is 1. The Balaban J connectivity index is 1.37. The Morgan fingerprint density at radius 2 is 1.75 bits per heavy atom. The van der Waals surface area contributed by atoms with Crippen LogP contribution in [0.4, 0.5) is 9.52 Å². The third-order valence-corrected chi connectivity index (χ3v) is 6.30. The zero-order valence-corrected chi connectivity index (χ0v) is 16.0. The van der Waals surface area contributed by atoms with E-state index in [1.54, 1.807) is 18.2 Å². The number of halogens is 1. The minimum absolute atomic E-state index is 0.227. The lowest BCUT2D eigenvalue weighted by atomic mass is 10.2. The summed E-state index contributed by atoms with van der Waals surface area (Å²) < 4.78 is 25.2. The summed E-state index contributed by atoms with van der Waals surface area (Å²) in [4.78, 5) is 18.5. The summed E-state index contributed by atoms with van der Waals surface area (Å²) in [7, 11) is 0. The zero-order chi connectivity index (χ0) is 19.1. The molecule has 28 heavy (non-hydrogen) atoms. The normalized spacial score (nSPS) is 12.9. The van der Waals surface area contributed by atoms with Gasteiger partial charge in [0.1, 0.15) is 19.0 Å². The fourth-order valence-electron chi connectivity index (χ4n) is 2.91. The third-order valence-electron chi connectivity index (χ3n) is 4.23. The highest BCUT2D eigenvalue weighted by Gasteiger charge is 2.17. The number of nitrogens with one attached hydrogen (secondary N) is 1. The molecule has 1 amide bonds. The number of fused-ring (bicyclic) bond motifs is 2. The van der Waals surface area contributed by atoms with Gasteiger partial charge in [-0.15, -0.1) is 11.3 Å². The lowest BCUT2D eigenvalue weighted by Gasteiger charge is -2.17. The minimum Gasteiger partial charge on any atom is -0.486 e. The predicted molar refractivity (Wildman–Crippen MR) is 108 cm³/mol. The van der Waals surface area contributed by atoms with Crippen LogP contribution in [0.25, 0.3) is 20.7 Å². The zero-order valence-electron chi connectivity index (χ0n) is 14.4. The van der Waals surface area contributed by atoms with E-state index < -0.39 is 0 Å². The first-order valence-corrected chi connectivity index (χ1v) is 10.2. The van der Waals surface area contributed by atoms with Crippen LogP contribution in [-0.4, -0.2) is 24.1 Å². The molecule has 0 unspecified atom stereocenters. The first-order chi connectivity index (χ1) is 13.7. The maximum absolute atomic E-state index is 13.1. The number of benzene rings is 2.